The molecule has 0 radical (unpaired) electrons. The highest BCUT2D eigenvalue weighted by atomic mass is 32.1. The number of aromatic nitrogens is 1. The summed E-state index contributed by atoms with van der Waals surface area (Å²) in [4.78, 5) is 32.2. The van der Waals surface area contributed by atoms with E-state index in [9.17, 15) is 19.1 Å². The van der Waals surface area contributed by atoms with Gasteiger partial charge in [0.2, 0.25) is 0 Å². The van der Waals surface area contributed by atoms with Crippen LogP contribution in [0.1, 0.15) is 27.6 Å². The Hall–Kier alpha value is -3.32. The number of likely N-dealkylation sites (tertiary alicyclic amines) is 1. The second kappa shape index (κ2) is 7.60. The highest BCUT2D eigenvalue weighted by Crippen LogP contribution is 2.40. The molecule has 0 aliphatic carbocycles. The van der Waals surface area contributed by atoms with Gasteiger partial charge in [0, 0.05) is 22.8 Å². The van der Waals surface area contributed by atoms with E-state index >= 15 is 0 Å². The lowest BCUT2D eigenvalue weighted by atomic mass is 9.96. The van der Waals surface area contributed by atoms with Crippen molar-refractivity contribution in [2.45, 2.75) is 19.5 Å². The molecule has 0 spiro atoms. The lowest BCUT2D eigenvalue weighted by molar-refractivity contribution is -0.140. The fourth-order valence-electron chi connectivity index (χ4n) is 3.45. The Kier molecular flexibility index (Phi) is 4.98. The number of aliphatic hydroxyl groups excluding tert-OH is 1. The van der Waals surface area contributed by atoms with Crippen LogP contribution in [0, 0.1) is 12.7 Å². The molecule has 1 unspecified atom stereocenters. The fraction of sp³-hybridized carbons (Fsp3) is 0.136. The minimum absolute atomic E-state index is 0.0226. The van der Waals surface area contributed by atoms with Gasteiger partial charge in [-0.3, -0.25) is 14.6 Å². The van der Waals surface area contributed by atoms with Crippen molar-refractivity contribution in [1.29, 1.82) is 0 Å². The molecule has 1 saturated heterocycles. The van der Waals surface area contributed by atoms with E-state index in [-0.39, 0.29) is 23.4 Å². The molecule has 7 heteroatoms. The van der Waals surface area contributed by atoms with Crippen LogP contribution < -0.4 is 0 Å². The summed E-state index contributed by atoms with van der Waals surface area (Å²) < 4.78 is 13.7. The van der Waals surface area contributed by atoms with Crippen LogP contribution in [0.15, 0.2) is 65.8 Å². The Labute approximate surface area is 170 Å². The van der Waals surface area contributed by atoms with Crippen LogP contribution in [0.25, 0.3) is 5.76 Å². The summed E-state index contributed by atoms with van der Waals surface area (Å²) in [5.74, 6) is -2.19. The number of carbonyl (C=O) groups is 2. The highest BCUT2D eigenvalue weighted by Gasteiger charge is 2.46. The van der Waals surface area contributed by atoms with Crippen LogP contribution in [0.2, 0.25) is 0 Å². The van der Waals surface area contributed by atoms with Crippen LogP contribution in [0.3, 0.4) is 0 Å². The van der Waals surface area contributed by atoms with Crippen molar-refractivity contribution in [3.05, 3.63) is 93.2 Å². The number of ketones is 1. The summed E-state index contributed by atoms with van der Waals surface area (Å²) in [6.45, 7) is 1.81. The number of hydrogen-bond acceptors (Lipinski definition) is 5. The number of rotatable bonds is 4. The van der Waals surface area contributed by atoms with Crippen molar-refractivity contribution in [1.82, 2.24) is 9.88 Å². The Bertz CT molecular complexity index is 1110. The summed E-state index contributed by atoms with van der Waals surface area (Å²) in [6.07, 6.45) is 3.17. The highest BCUT2D eigenvalue weighted by molar-refractivity contribution is 7.09. The predicted molar refractivity (Wildman–Crippen MR) is 108 cm³/mol. The van der Waals surface area contributed by atoms with Gasteiger partial charge >= 0.3 is 0 Å². The van der Waals surface area contributed by atoms with E-state index in [0.29, 0.717) is 11.1 Å². The van der Waals surface area contributed by atoms with E-state index < -0.39 is 23.5 Å². The van der Waals surface area contributed by atoms with Gasteiger partial charge in [0.15, 0.2) is 0 Å². The van der Waals surface area contributed by atoms with Gasteiger partial charge in [-0.05, 0) is 53.8 Å². The summed E-state index contributed by atoms with van der Waals surface area (Å²) in [7, 11) is 0. The molecule has 5 nitrogen and oxygen atoms in total. The summed E-state index contributed by atoms with van der Waals surface area (Å²) in [5.41, 5.74) is 1.21. The first-order chi connectivity index (χ1) is 14.0. The largest absolute Gasteiger partial charge is 0.507 e. The quantitative estimate of drug-likeness (QED) is 0.399. The first-order valence-corrected chi connectivity index (χ1v) is 9.82. The van der Waals surface area contributed by atoms with E-state index in [1.807, 2.05) is 17.5 Å². The van der Waals surface area contributed by atoms with Crippen LogP contribution in [0.5, 0.6) is 0 Å². The first kappa shape index (κ1) is 19.0. The molecule has 0 bridgehead atoms. The van der Waals surface area contributed by atoms with Gasteiger partial charge < -0.3 is 10.0 Å². The van der Waals surface area contributed by atoms with Crippen LogP contribution in [-0.2, 0) is 16.1 Å². The van der Waals surface area contributed by atoms with E-state index in [1.165, 1.54) is 34.4 Å². The number of nitrogens with zero attached hydrogens (tertiary/aromatic N) is 2. The molecule has 146 valence electrons. The molecule has 29 heavy (non-hydrogen) atoms. The Morgan fingerprint density at radius 3 is 2.72 bits per heavy atom. The molecule has 0 saturated carbocycles. The van der Waals surface area contributed by atoms with Crippen LogP contribution in [-0.4, -0.2) is 26.7 Å². The van der Waals surface area contributed by atoms with Crippen LogP contribution >= 0.6 is 11.3 Å². The number of amides is 1. The molecule has 3 aromatic rings. The van der Waals surface area contributed by atoms with Crippen molar-refractivity contribution in [2.24, 2.45) is 0 Å². The van der Waals surface area contributed by atoms with Gasteiger partial charge in [0.25, 0.3) is 11.7 Å². The maximum Gasteiger partial charge on any atom is 0.295 e. The minimum Gasteiger partial charge on any atom is -0.507 e. The van der Waals surface area contributed by atoms with Gasteiger partial charge in [0.05, 0.1) is 18.2 Å². The van der Waals surface area contributed by atoms with Crippen molar-refractivity contribution >= 4 is 28.8 Å². The monoisotopic (exact) mass is 408 g/mol. The average molecular weight is 408 g/mol. The minimum atomic E-state index is -0.781. The third-order valence-corrected chi connectivity index (χ3v) is 5.74. The van der Waals surface area contributed by atoms with Gasteiger partial charge in [-0.2, -0.15) is 0 Å². The number of benzene rings is 1. The molecular weight excluding hydrogens is 391 g/mol. The third kappa shape index (κ3) is 3.45. The maximum absolute atomic E-state index is 13.7. The molecule has 1 N–H and O–H groups in total. The zero-order chi connectivity index (χ0) is 20.5. The van der Waals surface area contributed by atoms with E-state index in [4.69, 9.17) is 0 Å². The molecule has 1 aliphatic rings. The number of Topliss-reactive ketones (excluding diaryl/α,β-unsaturated/α-hetero) is 1. The Morgan fingerprint density at radius 1 is 1.24 bits per heavy atom. The lowest BCUT2D eigenvalue weighted by Gasteiger charge is -2.24. The van der Waals surface area contributed by atoms with Gasteiger partial charge in [-0.15, -0.1) is 11.3 Å². The third-order valence-electron chi connectivity index (χ3n) is 4.88. The van der Waals surface area contributed by atoms with Gasteiger partial charge in [-0.25, -0.2) is 4.39 Å². The molecule has 1 atom stereocenters. The molecule has 1 aromatic carbocycles. The van der Waals surface area contributed by atoms with E-state index in [0.717, 1.165) is 4.88 Å². The number of aryl methyl sites for hydroxylation is 1. The molecule has 1 fully saturated rings. The average Bonchev–Trinajstić information content (AvgIpc) is 3.32. The number of carbonyl (C=O) groups excluding carboxylic acids is 2. The molecular formula is C22H17FN2O3S. The van der Waals surface area contributed by atoms with E-state index in [1.54, 1.807) is 31.5 Å². The number of thiophene rings is 1. The summed E-state index contributed by atoms with van der Waals surface area (Å²) in [5, 5.41) is 12.8. The molecule has 1 amide bonds. The molecule has 1 aliphatic heterocycles. The Balaban J connectivity index is 1.87. The normalized spacial score (nSPS) is 18.4. The smallest absolute Gasteiger partial charge is 0.295 e. The van der Waals surface area contributed by atoms with Gasteiger partial charge in [-0.1, -0.05) is 12.1 Å². The summed E-state index contributed by atoms with van der Waals surface area (Å²) >= 11 is 1.48. The Morgan fingerprint density at radius 2 is 2.07 bits per heavy atom. The van der Waals surface area contributed by atoms with Crippen molar-refractivity contribution in [3.8, 4) is 0 Å². The zero-order valence-electron chi connectivity index (χ0n) is 15.5. The number of halogens is 1. The second-order valence-electron chi connectivity index (χ2n) is 6.76. The molecule has 3 heterocycles. The fourth-order valence-corrected chi connectivity index (χ4v) is 4.15. The maximum atomic E-state index is 13.7. The van der Waals surface area contributed by atoms with Crippen LogP contribution in [0.4, 0.5) is 4.39 Å². The van der Waals surface area contributed by atoms with Crippen molar-refractivity contribution in [3.63, 3.8) is 0 Å². The number of hydrogen-bond donors (Lipinski definition) is 1. The van der Waals surface area contributed by atoms with Crippen molar-refractivity contribution < 1.29 is 19.1 Å². The second-order valence-corrected chi connectivity index (χ2v) is 7.79. The number of aliphatic hydroxyl groups is 1. The SMILES string of the molecule is Cc1cc(/C(O)=C2/C(=O)C(=O)N(Cc3cccs3)C2c2cccnc2)ccc1F. The predicted octanol–water partition coefficient (Wildman–Crippen LogP) is 4.21. The topological polar surface area (TPSA) is 70.5 Å². The van der Waals surface area contributed by atoms with E-state index in [2.05, 4.69) is 4.98 Å². The standard InChI is InChI=1S/C22H17FN2O3S/c1-13-10-14(6-7-17(13)23)20(26)18-19(15-4-2-8-24-11-15)25(22(28)21(18)27)12-16-5-3-9-29-16/h2-11,19,26H,12H2,1H3/b20-18-. The molecule has 2 aromatic heterocycles. The number of pyridine rings is 1. The van der Waals surface area contributed by atoms with Crippen molar-refractivity contribution in [2.75, 3.05) is 0 Å². The summed E-state index contributed by atoms with van der Waals surface area (Å²) in [6, 6.07) is 10.5. The molecule has 4 rings (SSSR count). The lowest BCUT2D eigenvalue weighted by Crippen LogP contribution is -2.28. The first-order valence-electron chi connectivity index (χ1n) is 8.94. The van der Waals surface area contributed by atoms with Gasteiger partial charge in [0.1, 0.15) is 11.6 Å². The zero-order valence-corrected chi connectivity index (χ0v) is 16.3.